The van der Waals surface area contributed by atoms with Gasteiger partial charge in [0.1, 0.15) is 5.75 Å². The highest BCUT2D eigenvalue weighted by Gasteiger charge is 2.52. The third kappa shape index (κ3) is 3.17. The minimum atomic E-state index is -2.65. The summed E-state index contributed by atoms with van der Waals surface area (Å²) in [4.78, 5) is 0.565. The van der Waals surface area contributed by atoms with Gasteiger partial charge in [0, 0.05) is 12.2 Å². The van der Waals surface area contributed by atoms with Crippen LogP contribution >= 0.6 is 10.6 Å². The highest BCUT2D eigenvalue weighted by molar-refractivity contribution is 8.23. The molecule has 2 fully saturated rings. The van der Waals surface area contributed by atoms with E-state index in [9.17, 15) is 9.11 Å². The van der Waals surface area contributed by atoms with Crippen LogP contribution in [0.5, 0.6) is 5.75 Å². The molecule has 4 nitrogen and oxygen atoms in total. The molecule has 4 rings (SSSR count). The van der Waals surface area contributed by atoms with Crippen LogP contribution in [0.15, 0.2) is 53.4 Å². The maximum atomic E-state index is 9.67. The first kappa shape index (κ1) is 16.0. The molecule has 1 saturated heterocycles. The topological polar surface area (TPSA) is 61.7 Å². The number of rotatable bonds is 5. The Bertz CT molecular complexity index is 699. The van der Waals surface area contributed by atoms with Crippen molar-refractivity contribution < 1.29 is 13.8 Å². The summed E-state index contributed by atoms with van der Waals surface area (Å²) in [7, 11) is -2.65. The van der Waals surface area contributed by atoms with Gasteiger partial charge in [0.05, 0.1) is 11.5 Å². The molecule has 1 aliphatic heterocycles. The zero-order chi connectivity index (χ0) is 16.7. The molecule has 1 saturated carbocycles. The Labute approximate surface area is 144 Å². The van der Waals surface area contributed by atoms with Gasteiger partial charge in [-0.1, -0.05) is 24.3 Å². The smallest absolute Gasteiger partial charge is 0.119 e. The third-order valence-corrected chi connectivity index (χ3v) is 6.37. The quantitative estimate of drug-likeness (QED) is 0.768. The molecule has 2 aliphatic rings. The van der Waals surface area contributed by atoms with Crippen molar-refractivity contribution in [3.05, 3.63) is 48.5 Å². The molecule has 0 radical (unpaired) electrons. The summed E-state index contributed by atoms with van der Waals surface area (Å²) in [5, 5.41) is 3.40. The summed E-state index contributed by atoms with van der Waals surface area (Å²) in [6.07, 6.45) is 1.44. The lowest BCUT2D eigenvalue weighted by atomic mass is 10.1. The number of hydrogen-bond donors (Lipinski definition) is 3. The number of hydrogen-bond acceptors (Lipinski definition) is 4. The average Bonchev–Trinajstić information content (AvgIpc) is 3.00. The number of ether oxygens (including phenoxy) is 1. The summed E-state index contributed by atoms with van der Waals surface area (Å²) in [6, 6.07) is 15.5. The van der Waals surface area contributed by atoms with Crippen LogP contribution in [0, 0.1) is 17.8 Å². The molecule has 2 aromatic rings. The van der Waals surface area contributed by atoms with Gasteiger partial charge in [-0.3, -0.25) is 9.11 Å². The van der Waals surface area contributed by atoms with Gasteiger partial charge < -0.3 is 10.1 Å². The summed E-state index contributed by atoms with van der Waals surface area (Å²) in [6.45, 7) is 3.12. The van der Waals surface area contributed by atoms with E-state index in [2.05, 4.69) is 5.32 Å². The molecular formula is C19H23NO3S. The molecule has 2 atom stereocenters. The Morgan fingerprint density at radius 3 is 2.04 bits per heavy atom. The summed E-state index contributed by atoms with van der Waals surface area (Å²) < 4.78 is 25.3. The van der Waals surface area contributed by atoms with Crippen molar-refractivity contribution in [3.63, 3.8) is 0 Å². The monoisotopic (exact) mass is 345 g/mol. The predicted octanol–water partition coefficient (Wildman–Crippen LogP) is 3.94. The molecule has 2 aromatic carbocycles. The first-order chi connectivity index (χ1) is 11.5. The molecule has 2 unspecified atom stereocenters. The Kier molecular flexibility index (Phi) is 4.04. The first-order valence-electron chi connectivity index (χ1n) is 8.29. The minimum absolute atomic E-state index is 0.565. The van der Waals surface area contributed by atoms with E-state index in [1.54, 1.807) is 12.1 Å². The zero-order valence-electron chi connectivity index (χ0n) is 13.7. The van der Waals surface area contributed by atoms with Crippen molar-refractivity contribution in [2.45, 2.75) is 4.90 Å². The molecule has 5 heteroatoms. The fourth-order valence-corrected chi connectivity index (χ4v) is 4.29. The van der Waals surface area contributed by atoms with Crippen LogP contribution in [0.4, 0.5) is 0 Å². The van der Waals surface area contributed by atoms with Crippen molar-refractivity contribution in [1.82, 2.24) is 5.32 Å². The van der Waals surface area contributed by atoms with Crippen molar-refractivity contribution >= 4 is 10.6 Å². The summed E-state index contributed by atoms with van der Waals surface area (Å²) in [5.41, 5.74) is 2.14. The van der Waals surface area contributed by atoms with E-state index in [4.69, 9.17) is 4.74 Å². The Balaban J connectivity index is 1.38. The Morgan fingerprint density at radius 2 is 1.50 bits per heavy atom. The second-order valence-electron chi connectivity index (χ2n) is 6.84. The van der Waals surface area contributed by atoms with Crippen LogP contribution in [0.1, 0.15) is 0 Å². The molecule has 3 N–H and O–H groups in total. The van der Waals surface area contributed by atoms with Crippen LogP contribution < -0.4 is 10.1 Å². The van der Waals surface area contributed by atoms with E-state index >= 15 is 0 Å². The van der Waals surface area contributed by atoms with Crippen LogP contribution in [0.3, 0.4) is 0 Å². The first-order valence-corrected chi connectivity index (χ1v) is 10.2. The van der Waals surface area contributed by atoms with E-state index in [-0.39, 0.29) is 0 Å². The van der Waals surface area contributed by atoms with E-state index in [0.29, 0.717) is 4.90 Å². The number of fused-ring (bicyclic) bond motifs is 1. The fraction of sp³-hybridized carbons (Fsp3) is 0.368. The van der Waals surface area contributed by atoms with Crippen molar-refractivity contribution in [3.8, 4) is 16.9 Å². The Hall–Kier alpha value is -1.53. The van der Waals surface area contributed by atoms with Gasteiger partial charge in [-0.25, -0.2) is 0 Å². The highest BCUT2D eigenvalue weighted by Crippen LogP contribution is 2.48. The van der Waals surface area contributed by atoms with Crippen molar-refractivity contribution in [2.75, 3.05) is 26.0 Å². The lowest BCUT2D eigenvalue weighted by Crippen LogP contribution is -2.17. The van der Waals surface area contributed by atoms with Crippen LogP contribution in [0.25, 0.3) is 11.1 Å². The van der Waals surface area contributed by atoms with Crippen LogP contribution in [-0.4, -0.2) is 35.1 Å². The second-order valence-corrected chi connectivity index (χ2v) is 8.98. The zero-order valence-corrected chi connectivity index (χ0v) is 14.5. The van der Waals surface area contributed by atoms with Crippen LogP contribution in [-0.2, 0) is 0 Å². The van der Waals surface area contributed by atoms with E-state index in [1.807, 2.05) is 36.4 Å². The molecule has 0 spiro atoms. The lowest BCUT2D eigenvalue weighted by molar-refractivity contribution is 0.280. The molecule has 0 bridgehead atoms. The van der Waals surface area contributed by atoms with Crippen molar-refractivity contribution in [2.24, 2.45) is 17.8 Å². The van der Waals surface area contributed by atoms with Crippen LogP contribution in [0.2, 0.25) is 0 Å². The number of piperidine rings is 1. The summed E-state index contributed by atoms with van der Waals surface area (Å²) in [5.74, 6) is 3.30. The van der Waals surface area contributed by atoms with E-state index in [0.717, 1.165) is 54.3 Å². The standard InChI is InChI=1S/C19H23NO3S/c1-24(21,22)16-8-4-14(5-9-16)13-2-6-15(7-3-13)23-12-19-17-10-20-11-18(17)19/h2-9,17-22H,10-12H2,1H3. The maximum Gasteiger partial charge on any atom is 0.119 e. The number of nitrogens with one attached hydrogen (secondary N) is 1. The molecular weight excluding hydrogens is 322 g/mol. The maximum absolute atomic E-state index is 9.67. The van der Waals surface area contributed by atoms with Gasteiger partial charge in [-0.15, -0.1) is 0 Å². The largest absolute Gasteiger partial charge is 0.493 e. The van der Waals surface area contributed by atoms with Gasteiger partial charge >= 0.3 is 0 Å². The summed E-state index contributed by atoms with van der Waals surface area (Å²) >= 11 is 0. The SMILES string of the molecule is CS(O)(O)c1ccc(-c2ccc(OCC3C4CNCC43)cc2)cc1. The predicted molar refractivity (Wildman–Crippen MR) is 97.8 cm³/mol. The third-order valence-electron chi connectivity index (χ3n) is 5.20. The van der Waals surface area contributed by atoms with Gasteiger partial charge in [-0.05, 0) is 60.3 Å². The van der Waals surface area contributed by atoms with E-state index in [1.165, 1.54) is 6.26 Å². The Morgan fingerprint density at radius 1 is 0.958 bits per heavy atom. The fourth-order valence-electron chi connectivity index (χ4n) is 3.63. The lowest BCUT2D eigenvalue weighted by Gasteiger charge is -2.26. The molecule has 1 aliphatic carbocycles. The second kappa shape index (κ2) is 6.08. The average molecular weight is 345 g/mol. The normalized spacial score (nSPS) is 26.0. The van der Waals surface area contributed by atoms with Gasteiger partial charge in [0.15, 0.2) is 0 Å². The van der Waals surface area contributed by atoms with Gasteiger partial charge in [0.2, 0.25) is 0 Å². The molecule has 128 valence electrons. The minimum Gasteiger partial charge on any atom is -0.493 e. The number of benzene rings is 2. The van der Waals surface area contributed by atoms with Gasteiger partial charge in [-0.2, -0.15) is 10.6 Å². The molecule has 0 aromatic heterocycles. The molecule has 1 heterocycles. The highest BCUT2D eigenvalue weighted by atomic mass is 32.3. The van der Waals surface area contributed by atoms with Gasteiger partial charge in [0.25, 0.3) is 0 Å². The molecule has 0 amide bonds. The van der Waals surface area contributed by atoms with E-state index < -0.39 is 10.6 Å². The van der Waals surface area contributed by atoms with Crippen molar-refractivity contribution in [1.29, 1.82) is 0 Å². The molecule has 24 heavy (non-hydrogen) atoms.